The van der Waals surface area contributed by atoms with E-state index in [0.29, 0.717) is 18.3 Å². The minimum atomic E-state index is -0.458. The van der Waals surface area contributed by atoms with Crippen molar-refractivity contribution >= 4 is 11.7 Å². The van der Waals surface area contributed by atoms with Crippen molar-refractivity contribution in [3.63, 3.8) is 0 Å². The Kier molecular flexibility index (Phi) is 6.86. The van der Waals surface area contributed by atoms with E-state index in [-0.39, 0.29) is 5.91 Å². The maximum atomic E-state index is 12.4. The van der Waals surface area contributed by atoms with Gasteiger partial charge in [0.05, 0.1) is 5.69 Å². The molecule has 1 amide bonds. The average Bonchev–Trinajstić information content (AvgIpc) is 2.56. The zero-order chi connectivity index (χ0) is 19.2. The van der Waals surface area contributed by atoms with E-state index in [2.05, 4.69) is 34.0 Å². The molecule has 0 aliphatic heterocycles. The molecule has 2 aromatic rings. The summed E-state index contributed by atoms with van der Waals surface area (Å²) in [6.07, 6.45) is 3.54. The van der Waals surface area contributed by atoms with E-state index in [9.17, 15) is 4.79 Å². The van der Waals surface area contributed by atoms with Gasteiger partial charge in [0.25, 0.3) is 0 Å². The largest absolute Gasteiger partial charge is 0.310 e. The van der Waals surface area contributed by atoms with Crippen molar-refractivity contribution in [3.8, 4) is 0 Å². The molecule has 0 atom stereocenters. The summed E-state index contributed by atoms with van der Waals surface area (Å²) < 4.78 is 0. The third kappa shape index (κ3) is 6.23. The summed E-state index contributed by atoms with van der Waals surface area (Å²) in [6.45, 7) is 12.5. The quantitative estimate of drug-likeness (QED) is 0.812. The molecule has 140 valence electrons. The van der Waals surface area contributed by atoms with E-state index >= 15 is 0 Å². The van der Waals surface area contributed by atoms with Gasteiger partial charge in [-0.3, -0.25) is 14.7 Å². The van der Waals surface area contributed by atoms with Crippen LogP contribution in [-0.4, -0.2) is 27.3 Å². The van der Waals surface area contributed by atoms with Crippen LogP contribution in [0.25, 0.3) is 0 Å². The van der Waals surface area contributed by atoms with E-state index in [0.717, 1.165) is 24.3 Å². The van der Waals surface area contributed by atoms with Crippen molar-refractivity contribution in [2.75, 3.05) is 11.9 Å². The van der Waals surface area contributed by atoms with Crippen LogP contribution >= 0.6 is 0 Å². The number of aromatic nitrogens is 2. The van der Waals surface area contributed by atoms with Crippen molar-refractivity contribution < 1.29 is 4.79 Å². The molecular weight excluding hydrogens is 324 g/mol. The Morgan fingerprint density at radius 1 is 1.08 bits per heavy atom. The van der Waals surface area contributed by atoms with Crippen LogP contribution in [0.2, 0.25) is 0 Å². The van der Waals surface area contributed by atoms with Crippen LogP contribution in [0.3, 0.4) is 0 Å². The minimum Gasteiger partial charge on any atom is -0.310 e. The lowest BCUT2D eigenvalue weighted by Gasteiger charge is -2.25. The molecular formula is C21H30N4O. The number of hydrogen-bond donors (Lipinski definition) is 1. The Morgan fingerprint density at radius 3 is 2.42 bits per heavy atom. The zero-order valence-corrected chi connectivity index (χ0v) is 16.5. The van der Waals surface area contributed by atoms with Gasteiger partial charge in [-0.25, -0.2) is 4.98 Å². The molecule has 2 aromatic heterocycles. The van der Waals surface area contributed by atoms with Crippen molar-refractivity contribution in [2.45, 2.75) is 47.7 Å². The fourth-order valence-corrected chi connectivity index (χ4v) is 2.64. The number of nitrogens with one attached hydrogen (secondary N) is 1. The maximum absolute atomic E-state index is 12.4. The van der Waals surface area contributed by atoms with Gasteiger partial charge in [-0.1, -0.05) is 46.8 Å². The zero-order valence-electron chi connectivity index (χ0n) is 16.5. The Bertz CT molecular complexity index is 707. The number of carbonyl (C=O) groups is 1. The molecule has 0 unspecified atom stereocenters. The van der Waals surface area contributed by atoms with Gasteiger partial charge in [0.1, 0.15) is 5.82 Å². The van der Waals surface area contributed by atoms with Gasteiger partial charge in [0, 0.05) is 43.0 Å². The summed E-state index contributed by atoms with van der Waals surface area (Å²) >= 11 is 0. The third-order valence-electron chi connectivity index (χ3n) is 3.93. The fourth-order valence-electron chi connectivity index (χ4n) is 2.64. The molecule has 0 aromatic carbocycles. The van der Waals surface area contributed by atoms with Gasteiger partial charge in [-0.2, -0.15) is 0 Å². The number of rotatable bonds is 7. The predicted octanol–water partition coefficient (Wildman–Crippen LogP) is 4.12. The molecule has 0 fully saturated rings. The fraction of sp³-hybridized carbons (Fsp3) is 0.476. The highest BCUT2D eigenvalue weighted by molar-refractivity contribution is 5.94. The van der Waals surface area contributed by atoms with Crippen LogP contribution in [0.15, 0.2) is 42.7 Å². The Morgan fingerprint density at radius 2 is 1.81 bits per heavy atom. The van der Waals surface area contributed by atoms with Gasteiger partial charge in [-0.05, 0) is 24.1 Å². The van der Waals surface area contributed by atoms with Crippen LogP contribution < -0.4 is 5.32 Å². The lowest BCUT2D eigenvalue weighted by molar-refractivity contribution is -0.123. The molecule has 2 rings (SSSR count). The topological polar surface area (TPSA) is 58.1 Å². The molecule has 0 aliphatic carbocycles. The van der Waals surface area contributed by atoms with Crippen LogP contribution in [0.4, 0.5) is 5.82 Å². The van der Waals surface area contributed by atoms with Gasteiger partial charge >= 0.3 is 0 Å². The van der Waals surface area contributed by atoms with Crippen LogP contribution in [-0.2, 0) is 17.9 Å². The molecule has 1 N–H and O–H groups in total. The average molecular weight is 354 g/mol. The highest BCUT2D eigenvalue weighted by Gasteiger charge is 2.23. The van der Waals surface area contributed by atoms with Crippen molar-refractivity contribution in [2.24, 2.45) is 11.3 Å². The van der Waals surface area contributed by atoms with E-state index in [1.54, 1.807) is 6.20 Å². The van der Waals surface area contributed by atoms with Crippen LogP contribution in [0, 0.1) is 11.3 Å². The molecule has 0 aliphatic rings. The van der Waals surface area contributed by atoms with Gasteiger partial charge in [0.2, 0.25) is 5.91 Å². The minimum absolute atomic E-state index is 0.0300. The summed E-state index contributed by atoms with van der Waals surface area (Å²) in [4.78, 5) is 23.6. The molecule has 5 heteroatoms. The number of anilines is 1. The van der Waals surface area contributed by atoms with E-state index < -0.39 is 5.41 Å². The predicted molar refractivity (Wildman–Crippen MR) is 106 cm³/mol. The normalized spacial score (nSPS) is 11.8. The second kappa shape index (κ2) is 8.90. The highest BCUT2D eigenvalue weighted by atomic mass is 16.2. The number of hydrogen-bond acceptors (Lipinski definition) is 4. The van der Waals surface area contributed by atoms with E-state index in [1.807, 2.05) is 57.3 Å². The SMILES string of the molecule is CC(C)CN(Cc1ccccn1)Cc1cccnc1NC(=O)C(C)(C)C. The summed E-state index contributed by atoms with van der Waals surface area (Å²) in [5.74, 6) is 1.14. The van der Waals surface area contributed by atoms with Crippen molar-refractivity contribution in [1.29, 1.82) is 0 Å². The summed E-state index contributed by atoms with van der Waals surface area (Å²) in [7, 11) is 0. The molecule has 0 saturated heterocycles. The first kappa shape index (κ1) is 20.0. The smallest absolute Gasteiger partial charge is 0.230 e. The molecule has 0 spiro atoms. The monoisotopic (exact) mass is 354 g/mol. The summed E-state index contributed by atoms with van der Waals surface area (Å²) in [5, 5.41) is 2.98. The first-order valence-corrected chi connectivity index (χ1v) is 9.13. The number of carbonyl (C=O) groups excluding carboxylic acids is 1. The molecule has 2 heterocycles. The van der Waals surface area contributed by atoms with E-state index in [1.165, 1.54) is 0 Å². The lowest BCUT2D eigenvalue weighted by atomic mass is 9.95. The standard InChI is InChI=1S/C21H30N4O/c1-16(2)13-25(15-18-10-6-7-11-22-18)14-17-9-8-12-23-19(17)24-20(26)21(3,4)5/h6-12,16H,13-15H2,1-5H3,(H,23,24,26). The van der Waals surface area contributed by atoms with E-state index in [4.69, 9.17) is 0 Å². The third-order valence-corrected chi connectivity index (χ3v) is 3.93. The molecule has 0 saturated carbocycles. The first-order valence-electron chi connectivity index (χ1n) is 9.13. The highest BCUT2D eigenvalue weighted by Crippen LogP contribution is 2.20. The Labute approximate surface area is 156 Å². The number of amides is 1. The number of pyridine rings is 2. The number of nitrogens with zero attached hydrogens (tertiary/aromatic N) is 3. The Balaban J connectivity index is 2.18. The van der Waals surface area contributed by atoms with Gasteiger partial charge < -0.3 is 5.32 Å². The summed E-state index contributed by atoms with van der Waals surface area (Å²) in [5.41, 5.74) is 1.60. The van der Waals surface area contributed by atoms with Crippen LogP contribution in [0.1, 0.15) is 45.9 Å². The van der Waals surface area contributed by atoms with Gasteiger partial charge in [-0.15, -0.1) is 0 Å². The summed E-state index contributed by atoms with van der Waals surface area (Å²) in [6, 6.07) is 9.92. The maximum Gasteiger partial charge on any atom is 0.230 e. The lowest BCUT2D eigenvalue weighted by Crippen LogP contribution is -2.30. The molecule has 0 bridgehead atoms. The molecule has 26 heavy (non-hydrogen) atoms. The second-order valence-corrected chi connectivity index (χ2v) is 8.10. The molecule has 0 radical (unpaired) electrons. The second-order valence-electron chi connectivity index (χ2n) is 8.10. The first-order chi connectivity index (χ1) is 12.3. The van der Waals surface area contributed by atoms with Crippen molar-refractivity contribution in [1.82, 2.24) is 14.9 Å². The van der Waals surface area contributed by atoms with Gasteiger partial charge in [0.15, 0.2) is 0 Å². The molecule has 5 nitrogen and oxygen atoms in total. The van der Waals surface area contributed by atoms with Crippen LogP contribution in [0.5, 0.6) is 0 Å². The van der Waals surface area contributed by atoms with Crippen molar-refractivity contribution in [3.05, 3.63) is 54.0 Å². The Hall–Kier alpha value is -2.27.